The van der Waals surface area contributed by atoms with Gasteiger partial charge in [0.05, 0.1) is 11.8 Å². The van der Waals surface area contributed by atoms with Gasteiger partial charge in [-0.05, 0) is 5.92 Å². The number of rotatable bonds is 1. The highest BCUT2D eigenvalue weighted by atomic mass is 15.1. The van der Waals surface area contributed by atoms with Crippen LogP contribution in [0.1, 0.15) is 30.9 Å². The van der Waals surface area contributed by atoms with Crippen molar-refractivity contribution in [1.82, 2.24) is 10.2 Å². The zero-order valence-corrected chi connectivity index (χ0v) is 7.20. The molecule has 0 fully saturated rings. The van der Waals surface area contributed by atoms with Gasteiger partial charge in [0.2, 0.25) is 0 Å². The average molecular weight is 161 g/mol. The van der Waals surface area contributed by atoms with Crippen LogP contribution in [-0.4, -0.2) is 10.2 Å². The Bertz CT molecular complexity index is 323. The second kappa shape index (κ2) is 3.22. The van der Waals surface area contributed by atoms with E-state index in [1.165, 1.54) is 0 Å². The molecule has 0 aliphatic heterocycles. The first kappa shape index (κ1) is 8.54. The molecule has 0 aromatic carbocycles. The third-order valence-electron chi connectivity index (χ3n) is 1.65. The number of nitrogens with zero attached hydrogens (tertiary/aromatic N) is 2. The fourth-order valence-corrected chi connectivity index (χ4v) is 1.13. The minimum atomic E-state index is 0.284. The fraction of sp³-hybridized carbons (Fsp3) is 0.333. The summed E-state index contributed by atoms with van der Waals surface area (Å²) in [6.45, 7) is 4.04. The molecule has 0 unspecified atom stereocenters. The minimum Gasteiger partial charge on any atom is -0.382 e. The monoisotopic (exact) mass is 161 g/mol. The maximum absolute atomic E-state index is 5.63. The molecule has 0 saturated heterocycles. The van der Waals surface area contributed by atoms with Gasteiger partial charge in [0, 0.05) is 5.56 Å². The van der Waals surface area contributed by atoms with Crippen LogP contribution in [0.15, 0.2) is 6.20 Å². The molecule has 2 N–H and O–H groups in total. The van der Waals surface area contributed by atoms with Crippen LogP contribution in [-0.2, 0) is 0 Å². The Morgan fingerprint density at radius 1 is 1.58 bits per heavy atom. The van der Waals surface area contributed by atoms with Gasteiger partial charge in [0.1, 0.15) is 0 Å². The molecule has 3 nitrogen and oxygen atoms in total. The summed E-state index contributed by atoms with van der Waals surface area (Å²) in [6.07, 6.45) is 6.85. The van der Waals surface area contributed by atoms with Crippen LogP contribution in [0, 0.1) is 12.3 Å². The highest BCUT2D eigenvalue weighted by Crippen LogP contribution is 2.21. The molecule has 0 radical (unpaired) electrons. The third kappa shape index (κ3) is 1.37. The van der Waals surface area contributed by atoms with E-state index in [9.17, 15) is 0 Å². The second-order valence-corrected chi connectivity index (χ2v) is 2.86. The van der Waals surface area contributed by atoms with Crippen LogP contribution >= 0.6 is 0 Å². The van der Waals surface area contributed by atoms with Crippen molar-refractivity contribution in [2.45, 2.75) is 19.8 Å². The number of hydrogen-bond acceptors (Lipinski definition) is 3. The first-order valence-corrected chi connectivity index (χ1v) is 3.74. The van der Waals surface area contributed by atoms with E-state index in [0.29, 0.717) is 5.82 Å². The van der Waals surface area contributed by atoms with E-state index in [0.717, 1.165) is 11.1 Å². The van der Waals surface area contributed by atoms with Gasteiger partial charge in [-0.1, -0.05) is 19.8 Å². The first-order valence-electron chi connectivity index (χ1n) is 3.74. The summed E-state index contributed by atoms with van der Waals surface area (Å²) in [5, 5.41) is 7.42. The third-order valence-corrected chi connectivity index (χ3v) is 1.65. The van der Waals surface area contributed by atoms with Crippen molar-refractivity contribution in [1.29, 1.82) is 0 Å². The molecule has 3 heteroatoms. The van der Waals surface area contributed by atoms with Crippen LogP contribution in [0.3, 0.4) is 0 Å². The maximum Gasteiger partial charge on any atom is 0.150 e. The fourth-order valence-electron chi connectivity index (χ4n) is 1.13. The molecule has 1 aromatic rings. The lowest BCUT2D eigenvalue weighted by Gasteiger charge is -2.08. The number of nitrogens with two attached hydrogens (primary N) is 1. The smallest absolute Gasteiger partial charge is 0.150 e. The molecule has 12 heavy (non-hydrogen) atoms. The SMILES string of the molecule is C#Cc1cnnc(N)c1C(C)C. The predicted molar refractivity (Wildman–Crippen MR) is 48.5 cm³/mol. The number of nitrogen functional groups attached to an aromatic ring is 1. The lowest BCUT2D eigenvalue weighted by atomic mass is 10.00. The predicted octanol–water partition coefficient (Wildman–Crippen LogP) is 1.16. The Hall–Kier alpha value is -1.56. The lowest BCUT2D eigenvalue weighted by molar-refractivity contribution is 0.844. The molecule has 0 aliphatic carbocycles. The van der Waals surface area contributed by atoms with Crippen molar-refractivity contribution in [2.24, 2.45) is 0 Å². The topological polar surface area (TPSA) is 51.8 Å². The Kier molecular flexibility index (Phi) is 2.29. The Morgan fingerprint density at radius 3 is 2.67 bits per heavy atom. The van der Waals surface area contributed by atoms with Crippen LogP contribution < -0.4 is 5.73 Å². The van der Waals surface area contributed by atoms with Crippen molar-refractivity contribution in [3.8, 4) is 12.3 Å². The molecule has 62 valence electrons. The van der Waals surface area contributed by atoms with E-state index in [1.807, 2.05) is 13.8 Å². The molecule has 0 amide bonds. The van der Waals surface area contributed by atoms with E-state index in [2.05, 4.69) is 16.1 Å². The van der Waals surface area contributed by atoms with Gasteiger partial charge in [-0.25, -0.2) is 0 Å². The largest absolute Gasteiger partial charge is 0.382 e. The van der Waals surface area contributed by atoms with Crippen molar-refractivity contribution < 1.29 is 0 Å². The maximum atomic E-state index is 5.63. The van der Waals surface area contributed by atoms with Gasteiger partial charge >= 0.3 is 0 Å². The van der Waals surface area contributed by atoms with E-state index in [4.69, 9.17) is 12.2 Å². The molecule has 1 aromatic heterocycles. The molecule has 0 bridgehead atoms. The molecule has 0 aliphatic rings. The highest BCUT2D eigenvalue weighted by Gasteiger charge is 2.09. The van der Waals surface area contributed by atoms with Gasteiger partial charge in [0.15, 0.2) is 5.82 Å². The van der Waals surface area contributed by atoms with Crippen LogP contribution in [0.4, 0.5) is 5.82 Å². The Morgan fingerprint density at radius 2 is 2.25 bits per heavy atom. The normalized spacial score (nSPS) is 9.83. The van der Waals surface area contributed by atoms with E-state index >= 15 is 0 Å². The zero-order valence-electron chi connectivity index (χ0n) is 7.20. The lowest BCUT2D eigenvalue weighted by Crippen LogP contribution is -2.04. The summed E-state index contributed by atoms with van der Waals surface area (Å²) >= 11 is 0. The van der Waals surface area contributed by atoms with Gasteiger partial charge < -0.3 is 5.73 Å². The number of terminal acetylenes is 1. The van der Waals surface area contributed by atoms with Crippen LogP contribution in [0.5, 0.6) is 0 Å². The molecular formula is C9H11N3. The molecule has 0 atom stereocenters. The number of aromatic nitrogens is 2. The molecular weight excluding hydrogens is 150 g/mol. The average Bonchev–Trinajstić information content (AvgIpc) is 2.03. The quantitative estimate of drug-likeness (QED) is 0.629. The van der Waals surface area contributed by atoms with Gasteiger partial charge in [-0.2, -0.15) is 5.10 Å². The summed E-state index contributed by atoms with van der Waals surface area (Å²) < 4.78 is 0. The zero-order chi connectivity index (χ0) is 9.14. The molecule has 0 spiro atoms. The first-order chi connectivity index (χ1) is 5.66. The Labute approximate surface area is 72.0 Å². The standard InChI is InChI=1S/C9H11N3/c1-4-7-5-11-12-9(10)8(7)6(2)3/h1,5-6H,2-3H3,(H2,10,12). The van der Waals surface area contributed by atoms with Crippen molar-refractivity contribution >= 4 is 5.82 Å². The molecule has 1 heterocycles. The van der Waals surface area contributed by atoms with Crippen LogP contribution in [0.2, 0.25) is 0 Å². The van der Waals surface area contributed by atoms with E-state index < -0.39 is 0 Å². The van der Waals surface area contributed by atoms with Crippen molar-refractivity contribution in [2.75, 3.05) is 5.73 Å². The van der Waals surface area contributed by atoms with Crippen molar-refractivity contribution in [3.63, 3.8) is 0 Å². The van der Waals surface area contributed by atoms with E-state index in [1.54, 1.807) is 6.20 Å². The minimum absolute atomic E-state index is 0.284. The molecule has 0 saturated carbocycles. The van der Waals surface area contributed by atoms with Crippen LogP contribution in [0.25, 0.3) is 0 Å². The van der Waals surface area contributed by atoms with E-state index in [-0.39, 0.29) is 5.92 Å². The number of hydrogen-bond donors (Lipinski definition) is 1. The van der Waals surface area contributed by atoms with Crippen molar-refractivity contribution in [3.05, 3.63) is 17.3 Å². The molecule has 1 rings (SSSR count). The van der Waals surface area contributed by atoms with Gasteiger partial charge in [0.25, 0.3) is 0 Å². The number of anilines is 1. The Balaban J connectivity index is 3.32. The van der Waals surface area contributed by atoms with Gasteiger partial charge in [-0.15, -0.1) is 11.5 Å². The van der Waals surface area contributed by atoms with Gasteiger partial charge in [-0.3, -0.25) is 0 Å². The summed E-state index contributed by atoms with van der Waals surface area (Å²) in [5.74, 6) is 3.25. The second-order valence-electron chi connectivity index (χ2n) is 2.86. The summed E-state index contributed by atoms with van der Waals surface area (Å²) in [6, 6.07) is 0. The highest BCUT2D eigenvalue weighted by molar-refractivity contribution is 5.50. The summed E-state index contributed by atoms with van der Waals surface area (Å²) in [4.78, 5) is 0. The summed E-state index contributed by atoms with van der Waals surface area (Å²) in [5.41, 5.74) is 7.27. The summed E-state index contributed by atoms with van der Waals surface area (Å²) in [7, 11) is 0.